The van der Waals surface area contributed by atoms with Crippen LogP contribution in [-0.4, -0.2) is 71.7 Å². The van der Waals surface area contributed by atoms with Crippen molar-refractivity contribution in [3.63, 3.8) is 0 Å². The molecule has 49 heavy (non-hydrogen) atoms. The number of amides is 6. The summed E-state index contributed by atoms with van der Waals surface area (Å²) in [5.41, 5.74) is 11.7. The summed E-state index contributed by atoms with van der Waals surface area (Å²) in [7, 11) is 0. The van der Waals surface area contributed by atoms with Gasteiger partial charge in [-0.2, -0.15) is 0 Å². The molecule has 0 radical (unpaired) electrons. The number of rotatable bonds is 11. The van der Waals surface area contributed by atoms with E-state index in [-0.39, 0.29) is 107 Å². The van der Waals surface area contributed by atoms with Crippen LogP contribution < -0.4 is 38.1 Å². The Morgan fingerprint density at radius 1 is 0.347 bits per heavy atom. The van der Waals surface area contributed by atoms with Gasteiger partial charge in [-0.3, -0.25) is 28.8 Å². The fourth-order valence-electron chi connectivity index (χ4n) is 10.0. The van der Waals surface area contributed by atoms with E-state index >= 15 is 0 Å². The molecule has 9 N–H and O–H groups in total. The molecule has 6 saturated carbocycles. The SMILES string of the molecule is NC(=O)[C@H]1CCC[C@H]1NC(=O)[C@@H]1CCC[C@@H]1NC(=O)[C@H]1CCC[C@H]1NC(=O)[C@@H]1CCC[C@@H]1NC(=O)[C@H]1CCC[C@H]1NC(=O)[C@@H]1CCC[C@@H]1N. The second kappa shape index (κ2) is 15.8. The van der Waals surface area contributed by atoms with Gasteiger partial charge in [-0.1, -0.05) is 38.5 Å². The minimum absolute atomic E-state index is 0.0443. The standard InChI is InChI=1S/C36H57N7O6/c37-25-13-1-7-19(25)32(45)40-27-15-3-9-21(27)34(47)42-29-17-5-11-23(29)36(49)43-30-18-6-12-24(30)35(48)41-28-16-4-10-22(28)33(46)39-26-14-2-8-20(26)31(38)44/h19-30H,1-18,37H2,(H2,38,44)(H,39,46)(H,40,45)(H,41,48)(H,42,47)(H,43,49)/t19-,20+,21+,22-,23-,24+,25+,26-,27-,28+,29+,30-/m1/s1. The summed E-state index contributed by atoms with van der Waals surface area (Å²) >= 11 is 0. The molecule has 6 aliphatic rings. The molecule has 272 valence electrons. The van der Waals surface area contributed by atoms with Crippen LogP contribution in [0.15, 0.2) is 0 Å². The van der Waals surface area contributed by atoms with Crippen LogP contribution in [-0.2, 0) is 28.8 Å². The largest absolute Gasteiger partial charge is 0.369 e. The van der Waals surface area contributed by atoms with Crippen LogP contribution in [0, 0.1) is 35.5 Å². The Balaban J connectivity index is 0.991. The molecule has 6 aliphatic carbocycles. The maximum atomic E-state index is 13.6. The van der Waals surface area contributed by atoms with Crippen molar-refractivity contribution in [2.75, 3.05) is 0 Å². The lowest BCUT2D eigenvalue weighted by Crippen LogP contribution is -2.53. The number of primary amides is 1. The van der Waals surface area contributed by atoms with Crippen LogP contribution >= 0.6 is 0 Å². The van der Waals surface area contributed by atoms with Gasteiger partial charge >= 0.3 is 0 Å². The zero-order valence-corrected chi connectivity index (χ0v) is 28.8. The van der Waals surface area contributed by atoms with Gasteiger partial charge in [0.1, 0.15) is 0 Å². The number of carbonyl (C=O) groups is 6. The molecule has 0 aromatic heterocycles. The van der Waals surface area contributed by atoms with Gasteiger partial charge in [-0.15, -0.1) is 0 Å². The molecule has 0 bridgehead atoms. The number of hydrogen-bond donors (Lipinski definition) is 7. The summed E-state index contributed by atoms with van der Waals surface area (Å²) in [6.45, 7) is 0. The Labute approximate surface area is 289 Å². The Morgan fingerprint density at radius 2 is 0.592 bits per heavy atom. The second-order valence-corrected chi connectivity index (χ2v) is 15.9. The first-order chi connectivity index (χ1) is 23.6. The van der Waals surface area contributed by atoms with Crippen molar-refractivity contribution in [2.45, 2.75) is 152 Å². The average Bonchev–Trinajstić information content (AvgIpc) is 3.89. The summed E-state index contributed by atoms with van der Waals surface area (Å²) in [6.07, 6.45) is 13.8. The van der Waals surface area contributed by atoms with Gasteiger partial charge in [0.25, 0.3) is 0 Å². The Kier molecular flexibility index (Phi) is 11.5. The van der Waals surface area contributed by atoms with Crippen molar-refractivity contribution in [1.29, 1.82) is 0 Å². The topological polar surface area (TPSA) is 215 Å². The molecule has 6 fully saturated rings. The highest BCUT2D eigenvalue weighted by atomic mass is 16.2. The van der Waals surface area contributed by atoms with Gasteiger partial charge < -0.3 is 38.1 Å². The van der Waals surface area contributed by atoms with Crippen molar-refractivity contribution in [1.82, 2.24) is 26.6 Å². The van der Waals surface area contributed by atoms with E-state index in [0.717, 1.165) is 64.2 Å². The van der Waals surface area contributed by atoms with Gasteiger partial charge in [-0.25, -0.2) is 0 Å². The Morgan fingerprint density at radius 3 is 0.878 bits per heavy atom. The molecule has 12 atom stereocenters. The number of hydrogen-bond acceptors (Lipinski definition) is 7. The predicted octanol–water partition coefficient (Wildman–Crippen LogP) is 1.02. The summed E-state index contributed by atoms with van der Waals surface area (Å²) in [5, 5.41) is 15.7. The van der Waals surface area contributed by atoms with Gasteiger partial charge in [0.05, 0.1) is 35.5 Å². The molecule has 0 heterocycles. The lowest BCUT2D eigenvalue weighted by Gasteiger charge is -2.29. The van der Waals surface area contributed by atoms with E-state index in [2.05, 4.69) is 26.6 Å². The van der Waals surface area contributed by atoms with E-state index in [0.29, 0.717) is 51.4 Å². The molecular formula is C36H57N7O6. The Bertz CT molecular complexity index is 1280. The average molecular weight is 684 g/mol. The molecule has 0 spiro atoms. The number of carbonyl (C=O) groups excluding carboxylic acids is 6. The van der Waals surface area contributed by atoms with E-state index < -0.39 is 0 Å². The lowest BCUT2D eigenvalue weighted by molar-refractivity contribution is -0.130. The number of nitrogens with two attached hydrogens (primary N) is 2. The van der Waals surface area contributed by atoms with Crippen LogP contribution in [0.2, 0.25) is 0 Å². The van der Waals surface area contributed by atoms with Gasteiger partial charge in [0.2, 0.25) is 35.4 Å². The summed E-state index contributed by atoms with van der Waals surface area (Å²) in [4.78, 5) is 78.7. The quantitative estimate of drug-likeness (QED) is 0.168. The third-order valence-electron chi connectivity index (χ3n) is 12.8. The zero-order chi connectivity index (χ0) is 34.7. The van der Waals surface area contributed by atoms with Crippen molar-refractivity contribution in [2.24, 2.45) is 47.0 Å². The van der Waals surface area contributed by atoms with Crippen molar-refractivity contribution in [3.05, 3.63) is 0 Å². The van der Waals surface area contributed by atoms with Gasteiger partial charge in [0, 0.05) is 36.3 Å². The first-order valence-electron chi connectivity index (χ1n) is 19.2. The summed E-state index contributed by atoms with van der Waals surface area (Å²) in [5.74, 6) is -2.88. The number of nitrogens with one attached hydrogen (secondary N) is 5. The van der Waals surface area contributed by atoms with E-state index in [1.165, 1.54) is 0 Å². The van der Waals surface area contributed by atoms with E-state index in [1.807, 2.05) is 0 Å². The van der Waals surface area contributed by atoms with Crippen LogP contribution in [0.4, 0.5) is 0 Å². The van der Waals surface area contributed by atoms with Crippen LogP contribution in [0.1, 0.15) is 116 Å². The van der Waals surface area contributed by atoms with Gasteiger partial charge in [-0.05, 0) is 77.0 Å². The van der Waals surface area contributed by atoms with E-state index in [4.69, 9.17) is 11.5 Å². The van der Waals surface area contributed by atoms with Crippen molar-refractivity contribution < 1.29 is 28.8 Å². The maximum Gasteiger partial charge on any atom is 0.225 e. The highest BCUT2D eigenvalue weighted by Crippen LogP contribution is 2.34. The minimum Gasteiger partial charge on any atom is -0.369 e. The second-order valence-electron chi connectivity index (χ2n) is 15.9. The third kappa shape index (κ3) is 8.07. The monoisotopic (exact) mass is 683 g/mol. The summed E-state index contributed by atoms with van der Waals surface area (Å²) < 4.78 is 0. The lowest BCUT2D eigenvalue weighted by atomic mass is 9.95. The van der Waals surface area contributed by atoms with E-state index in [1.54, 1.807) is 0 Å². The molecular weight excluding hydrogens is 626 g/mol. The normalized spacial score (nSPS) is 38.6. The molecule has 0 saturated heterocycles. The first kappa shape index (κ1) is 35.6. The van der Waals surface area contributed by atoms with Crippen molar-refractivity contribution >= 4 is 35.4 Å². The molecule has 13 nitrogen and oxygen atoms in total. The molecule has 0 aliphatic heterocycles. The zero-order valence-electron chi connectivity index (χ0n) is 28.8. The maximum absolute atomic E-state index is 13.6. The fraction of sp³-hybridized carbons (Fsp3) is 0.833. The molecule has 6 rings (SSSR count). The highest BCUT2D eigenvalue weighted by Gasteiger charge is 2.44. The van der Waals surface area contributed by atoms with Gasteiger partial charge in [0.15, 0.2) is 0 Å². The molecule has 0 unspecified atom stereocenters. The highest BCUT2D eigenvalue weighted by molar-refractivity contribution is 5.87. The fourth-order valence-corrected chi connectivity index (χ4v) is 10.0. The first-order valence-corrected chi connectivity index (χ1v) is 19.2. The predicted molar refractivity (Wildman–Crippen MR) is 181 cm³/mol. The molecule has 6 amide bonds. The molecule has 0 aromatic carbocycles. The molecule has 0 aromatic rings. The van der Waals surface area contributed by atoms with Crippen molar-refractivity contribution in [3.8, 4) is 0 Å². The van der Waals surface area contributed by atoms with Crippen LogP contribution in [0.3, 0.4) is 0 Å². The third-order valence-corrected chi connectivity index (χ3v) is 12.8. The smallest absolute Gasteiger partial charge is 0.225 e. The summed E-state index contributed by atoms with van der Waals surface area (Å²) in [6, 6.07) is -1.46. The van der Waals surface area contributed by atoms with E-state index in [9.17, 15) is 28.8 Å². The van der Waals surface area contributed by atoms with Crippen LogP contribution in [0.5, 0.6) is 0 Å². The van der Waals surface area contributed by atoms with Crippen LogP contribution in [0.25, 0.3) is 0 Å². The minimum atomic E-state index is -0.382. The Hall–Kier alpha value is -3.22. The molecule has 13 heteroatoms.